The highest BCUT2D eigenvalue weighted by Gasteiger charge is 2.03. The first-order chi connectivity index (χ1) is 6.95. The number of rotatable bonds is 9. The molecule has 0 bridgehead atoms. The van der Waals surface area contributed by atoms with Crippen LogP contribution in [0.1, 0.15) is 32.6 Å². The van der Waals surface area contributed by atoms with Gasteiger partial charge in [-0.1, -0.05) is 26.2 Å². The molecule has 0 amide bonds. The van der Waals surface area contributed by atoms with E-state index >= 15 is 0 Å². The van der Waals surface area contributed by atoms with Gasteiger partial charge in [-0.3, -0.25) is 4.18 Å². The summed E-state index contributed by atoms with van der Waals surface area (Å²) in [5.74, 6) is 0. The lowest BCUT2D eigenvalue weighted by Crippen LogP contribution is -2.25. The van der Waals surface area contributed by atoms with E-state index in [2.05, 4.69) is 16.0 Å². The summed E-state index contributed by atoms with van der Waals surface area (Å²) in [4.78, 5) is 2.10. The van der Waals surface area contributed by atoms with Crippen molar-refractivity contribution in [2.45, 2.75) is 32.6 Å². The molecule has 0 heterocycles. The van der Waals surface area contributed by atoms with Crippen molar-refractivity contribution in [3.05, 3.63) is 0 Å². The van der Waals surface area contributed by atoms with Crippen LogP contribution in [0.15, 0.2) is 0 Å². The van der Waals surface area contributed by atoms with E-state index in [9.17, 15) is 8.42 Å². The maximum atomic E-state index is 10.7. The lowest BCUT2D eigenvalue weighted by Gasteiger charge is -2.15. The molecular weight excluding hydrogens is 214 g/mol. The second-order valence-electron chi connectivity index (χ2n) is 3.89. The normalized spacial score (nSPS) is 12.3. The van der Waals surface area contributed by atoms with Crippen molar-refractivity contribution in [2.24, 2.45) is 0 Å². The van der Waals surface area contributed by atoms with E-state index in [1.165, 1.54) is 25.7 Å². The minimum Gasteiger partial charge on any atom is -0.304 e. The Hall–Kier alpha value is -0.130. The molecular formula is C10H23NO3S. The summed E-state index contributed by atoms with van der Waals surface area (Å²) in [6.07, 6.45) is 6.00. The van der Waals surface area contributed by atoms with Gasteiger partial charge in [-0.25, -0.2) is 0 Å². The van der Waals surface area contributed by atoms with E-state index in [0.29, 0.717) is 6.54 Å². The molecule has 0 unspecified atom stereocenters. The van der Waals surface area contributed by atoms with E-state index in [1.807, 2.05) is 7.05 Å². The van der Waals surface area contributed by atoms with Crippen molar-refractivity contribution in [3.63, 3.8) is 0 Å². The molecule has 0 aliphatic carbocycles. The topological polar surface area (TPSA) is 46.6 Å². The zero-order valence-electron chi connectivity index (χ0n) is 10.0. The Morgan fingerprint density at radius 3 is 2.33 bits per heavy atom. The molecule has 0 saturated carbocycles. The van der Waals surface area contributed by atoms with Crippen LogP contribution in [-0.2, 0) is 14.3 Å². The van der Waals surface area contributed by atoms with Crippen LogP contribution in [0.4, 0.5) is 0 Å². The van der Waals surface area contributed by atoms with Crippen LogP contribution in [0.2, 0.25) is 0 Å². The van der Waals surface area contributed by atoms with Gasteiger partial charge in [-0.2, -0.15) is 8.42 Å². The summed E-state index contributed by atoms with van der Waals surface area (Å²) >= 11 is 0. The quantitative estimate of drug-likeness (QED) is 0.450. The fraction of sp³-hybridized carbons (Fsp3) is 1.00. The summed E-state index contributed by atoms with van der Waals surface area (Å²) in [5, 5.41) is 0. The Labute approximate surface area is 93.7 Å². The van der Waals surface area contributed by atoms with Gasteiger partial charge >= 0.3 is 0 Å². The van der Waals surface area contributed by atoms with Crippen LogP contribution >= 0.6 is 0 Å². The number of nitrogens with zero attached hydrogens (tertiary/aromatic N) is 1. The zero-order valence-corrected chi connectivity index (χ0v) is 10.8. The highest BCUT2D eigenvalue weighted by molar-refractivity contribution is 7.85. The van der Waals surface area contributed by atoms with Gasteiger partial charge in [-0.05, 0) is 20.0 Å². The highest BCUT2D eigenvalue weighted by atomic mass is 32.2. The van der Waals surface area contributed by atoms with Crippen LogP contribution in [0.3, 0.4) is 0 Å². The fourth-order valence-corrected chi connectivity index (χ4v) is 1.64. The van der Waals surface area contributed by atoms with Crippen molar-refractivity contribution in [3.8, 4) is 0 Å². The summed E-state index contributed by atoms with van der Waals surface area (Å²) in [5.41, 5.74) is 0. The van der Waals surface area contributed by atoms with Gasteiger partial charge in [-0.15, -0.1) is 0 Å². The minimum absolute atomic E-state index is 0.253. The standard InChI is InChI=1S/C10H23NO3S/c1-4-5-6-7-8-11(2)9-10-14-15(3,12)13/h4-10H2,1-3H3. The van der Waals surface area contributed by atoms with Crippen LogP contribution in [0.5, 0.6) is 0 Å². The Balaban J connectivity index is 3.37. The average molecular weight is 237 g/mol. The van der Waals surface area contributed by atoms with E-state index in [-0.39, 0.29) is 6.61 Å². The maximum absolute atomic E-state index is 10.7. The van der Waals surface area contributed by atoms with E-state index in [4.69, 9.17) is 0 Å². The van der Waals surface area contributed by atoms with Crippen molar-refractivity contribution in [1.29, 1.82) is 0 Å². The molecule has 0 aliphatic heterocycles. The number of hydrogen-bond acceptors (Lipinski definition) is 4. The van der Waals surface area contributed by atoms with Crippen molar-refractivity contribution >= 4 is 10.1 Å². The Morgan fingerprint density at radius 1 is 1.13 bits per heavy atom. The van der Waals surface area contributed by atoms with Gasteiger partial charge in [0.05, 0.1) is 12.9 Å². The Morgan fingerprint density at radius 2 is 1.80 bits per heavy atom. The molecule has 0 fully saturated rings. The molecule has 0 atom stereocenters. The second kappa shape index (κ2) is 8.07. The molecule has 0 aromatic rings. The molecule has 0 radical (unpaired) electrons. The van der Waals surface area contributed by atoms with Crippen LogP contribution < -0.4 is 0 Å². The molecule has 4 nitrogen and oxygen atoms in total. The second-order valence-corrected chi connectivity index (χ2v) is 5.53. The third kappa shape index (κ3) is 11.8. The van der Waals surface area contributed by atoms with Gasteiger partial charge in [0.1, 0.15) is 0 Å². The van der Waals surface area contributed by atoms with Gasteiger partial charge < -0.3 is 4.90 Å². The molecule has 0 saturated heterocycles. The molecule has 0 aliphatic rings. The largest absolute Gasteiger partial charge is 0.304 e. The minimum atomic E-state index is -3.28. The first kappa shape index (κ1) is 14.9. The molecule has 0 rings (SSSR count). The molecule has 0 spiro atoms. The lowest BCUT2D eigenvalue weighted by molar-refractivity contribution is 0.239. The van der Waals surface area contributed by atoms with Crippen LogP contribution in [0.25, 0.3) is 0 Å². The predicted molar refractivity (Wildman–Crippen MR) is 62.4 cm³/mol. The first-order valence-electron chi connectivity index (χ1n) is 5.48. The molecule has 5 heteroatoms. The first-order valence-corrected chi connectivity index (χ1v) is 7.30. The number of likely N-dealkylation sites (N-methyl/N-ethyl adjacent to an activating group) is 1. The Bertz CT molecular complexity index is 239. The molecule has 15 heavy (non-hydrogen) atoms. The van der Waals surface area contributed by atoms with Crippen molar-refractivity contribution in [1.82, 2.24) is 4.90 Å². The summed E-state index contributed by atoms with van der Waals surface area (Å²) in [6, 6.07) is 0. The third-order valence-electron chi connectivity index (χ3n) is 2.16. The van der Waals surface area contributed by atoms with E-state index in [1.54, 1.807) is 0 Å². The summed E-state index contributed by atoms with van der Waals surface area (Å²) in [7, 11) is -1.29. The van der Waals surface area contributed by atoms with Gasteiger partial charge in [0, 0.05) is 6.54 Å². The van der Waals surface area contributed by atoms with Crippen LogP contribution in [-0.4, -0.2) is 46.3 Å². The lowest BCUT2D eigenvalue weighted by atomic mass is 10.2. The monoisotopic (exact) mass is 237 g/mol. The molecule has 0 aromatic heterocycles. The van der Waals surface area contributed by atoms with Crippen molar-refractivity contribution in [2.75, 3.05) is 33.0 Å². The van der Waals surface area contributed by atoms with Gasteiger partial charge in [0.25, 0.3) is 10.1 Å². The average Bonchev–Trinajstić information content (AvgIpc) is 2.10. The number of unbranched alkanes of at least 4 members (excludes halogenated alkanes) is 3. The summed E-state index contributed by atoms with van der Waals surface area (Å²) < 4.78 is 26.0. The molecule has 0 N–H and O–H groups in total. The maximum Gasteiger partial charge on any atom is 0.264 e. The fourth-order valence-electron chi connectivity index (χ4n) is 1.26. The number of hydrogen-bond donors (Lipinski definition) is 0. The SMILES string of the molecule is CCCCCCN(C)CCOS(C)(=O)=O. The molecule has 0 aromatic carbocycles. The predicted octanol–water partition coefficient (Wildman–Crippen LogP) is 1.47. The van der Waals surface area contributed by atoms with E-state index < -0.39 is 10.1 Å². The smallest absolute Gasteiger partial charge is 0.264 e. The van der Waals surface area contributed by atoms with Crippen LogP contribution in [0, 0.1) is 0 Å². The summed E-state index contributed by atoms with van der Waals surface area (Å²) in [6.45, 7) is 4.11. The molecule has 92 valence electrons. The van der Waals surface area contributed by atoms with Gasteiger partial charge in [0.2, 0.25) is 0 Å². The van der Waals surface area contributed by atoms with Gasteiger partial charge in [0.15, 0.2) is 0 Å². The van der Waals surface area contributed by atoms with Crippen molar-refractivity contribution < 1.29 is 12.6 Å². The highest BCUT2D eigenvalue weighted by Crippen LogP contribution is 2.00. The Kier molecular flexibility index (Phi) is 8.00. The van der Waals surface area contributed by atoms with E-state index in [0.717, 1.165) is 12.8 Å². The zero-order chi connectivity index (χ0) is 11.7. The third-order valence-corrected chi connectivity index (χ3v) is 2.76.